The third-order valence-electron chi connectivity index (χ3n) is 0.560. The molecule has 4 heteroatoms. The van der Waals surface area contributed by atoms with Gasteiger partial charge in [-0.1, -0.05) is 12.5 Å². The van der Waals surface area contributed by atoms with E-state index in [1.165, 1.54) is 6.29 Å². The number of nitrogens with one attached hydrogen (secondary N) is 1. The summed E-state index contributed by atoms with van der Waals surface area (Å²) in [4.78, 5) is 19.9. The van der Waals surface area contributed by atoms with E-state index in [-0.39, 0.29) is 35.0 Å². The fraction of sp³-hybridized carbons (Fsp3) is 0.286. The second-order valence-corrected chi connectivity index (χ2v) is 1.20. The van der Waals surface area contributed by atoms with Crippen LogP contribution in [0.3, 0.4) is 0 Å². The van der Waals surface area contributed by atoms with Crippen molar-refractivity contribution in [3.05, 3.63) is 7.43 Å². The molecule has 60 valence electrons. The predicted molar refractivity (Wildman–Crippen MR) is 38.6 cm³/mol. The van der Waals surface area contributed by atoms with Gasteiger partial charge >= 0.3 is 21.1 Å². The molecule has 0 aliphatic heterocycles. The van der Waals surface area contributed by atoms with E-state index in [1.54, 1.807) is 6.92 Å². The van der Waals surface area contributed by atoms with E-state index in [9.17, 15) is 9.59 Å². The Morgan fingerprint density at radius 3 is 2.55 bits per heavy atom. The number of hydrogen-bond donors (Lipinski definition) is 1. The van der Waals surface area contributed by atoms with Crippen molar-refractivity contribution < 1.29 is 30.7 Å². The van der Waals surface area contributed by atoms with Gasteiger partial charge in [-0.15, -0.1) is 0 Å². The van der Waals surface area contributed by atoms with E-state index >= 15 is 0 Å². The maximum atomic E-state index is 10.3. The van der Waals surface area contributed by atoms with Gasteiger partial charge in [0.05, 0.1) is 0 Å². The summed E-state index contributed by atoms with van der Waals surface area (Å²) in [6.45, 7) is 1.46. The largest absolute Gasteiger partial charge is 2.00 e. The predicted octanol–water partition coefficient (Wildman–Crippen LogP) is -0.317. The summed E-state index contributed by atoms with van der Waals surface area (Å²) in [7, 11) is 0. The number of amides is 1. The van der Waals surface area contributed by atoms with Crippen LogP contribution in [0.4, 0.5) is 0 Å². The van der Waals surface area contributed by atoms with E-state index in [0.29, 0.717) is 0 Å². The first kappa shape index (κ1) is 16.8. The number of rotatable bonds is 2. The molecule has 0 saturated carbocycles. The minimum Gasteiger partial charge on any atom is -0.540 e. The van der Waals surface area contributed by atoms with Gasteiger partial charge in [0.2, 0.25) is 0 Å². The number of carbonyl (C=O) groups is 1. The third kappa shape index (κ3) is 12.6. The average molecular weight is 323 g/mol. The minimum atomic E-state index is -0.444. The fourth-order valence-electron chi connectivity index (χ4n) is 0.274. The van der Waals surface area contributed by atoms with Crippen LogP contribution in [0.5, 0.6) is 0 Å². The van der Waals surface area contributed by atoms with Crippen molar-refractivity contribution in [2.45, 2.75) is 6.92 Å². The monoisotopic (exact) mass is 323 g/mol. The van der Waals surface area contributed by atoms with E-state index < -0.39 is 5.91 Å². The summed E-state index contributed by atoms with van der Waals surface area (Å²) in [5.74, 6) is 4.14. The molecule has 0 bridgehead atoms. The molecule has 0 aromatic heterocycles. The molecular weight excluding hydrogens is 314 g/mol. The normalized spacial score (nSPS) is 5.55. The van der Waals surface area contributed by atoms with Gasteiger partial charge in [-0.3, -0.25) is 4.79 Å². The molecule has 1 N–H and O–H groups in total. The summed E-state index contributed by atoms with van der Waals surface area (Å²) < 4.78 is 0. The van der Waals surface area contributed by atoms with Crippen molar-refractivity contribution in [3.63, 3.8) is 0 Å². The first-order chi connectivity index (χ1) is 4.31. The van der Waals surface area contributed by atoms with Gasteiger partial charge in [-0.2, -0.15) is 0 Å². The van der Waals surface area contributed by atoms with Crippen LogP contribution in [0.2, 0.25) is 0 Å². The minimum absolute atomic E-state index is 0. The molecular formula is C7H9NO2W. The SMILES string of the molecule is CC#CC(=O)NC[C-]=O.[CH3-].[W+2]. The molecule has 0 heterocycles. The third-order valence-corrected chi connectivity index (χ3v) is 0.560. The van der Waals surface area contributed by atoms with Gasteiger partial charge in [-0.05, 0) is 12.8 Å². The van der Waals surface area contributed by atoms with E-state index in [4.69, 9.17) is 0 Å². The molecule has 11 heavy (non-hydrogen) atoms. The topological polar surface area (TPSA) is 46.2 Å². The van der Waals surface area contributed by atoms with E-state index in [1.807, 2.05) is 0 Å². The Labute approximate surface area is 81.2 Å². The number of carbonyl (C=O) groups excluding carboxylic acids is 2. The van der Waals surface area contributed by atoms with Crippen LogP contribution >= 0.6 is 0 Å². The maximum Gasteiger partial charge on any atom is 2.00 e. The first-order valence-electron chi connectivity index (χ1n) is 2.37. The summed E-state index contributed by atoms with van der Waals surface area (Å²) in [6.07, 6.45) is 1.51. The van der Waals surface area contributed by atoms with Crippen LogP contribution in [0.1, 0.15) is 6.92 Å². The summed E-state index contributed by atoms with van der Waals surface area (Å²) in [5.41, 5.74) is 0. The molecule has 0 aromatic rings. The first-order valence-corrected chi connectivity index (χ1v) is 2.37. The van der Waals surface area contributed by atoms with Crippen LogP contribution in [-0.4, -0.2) is 18.7 Å². The van der Waals surface area contributed by atoms with Gasteiger partial charge in [0.25, 0.3) is 5.91 Å². The van der Waals surface area contributed by atoms with Crippen molar-refractivity contribution in [1.29, 1.82) is 0 Å². The van der Waals surface area contributed by atoms with Crippen LogP contribution in [-0.2, 0) is 30.7 Å². The molecule has 0 fully saturated rings. The Morgan fingerprint density at radius 2 is 2.18 bits per heavy atom. The zero-order valence-electron chi connectivity index (χ0n) is 6.43. The van der Waals surface area contributed by atoms with Crippen molar-refractivity contribution in [2.24, 2.45) is 0 Å². The smallest absolute Gasteiger partial charge is 0.540 e. The zero-order chi connectivity index (χ0) is 7.11. The zero-order valence-corrected chi connectivity index (χ0v) is 9.37. The molecule has 3 nitrogen and oxygen atoms in total. The van der Waals surface area contributed by atoms with Crippen LogP contribution in [0.15, 0.2) is 0 Å². The summed E-state index contributed by atoms with van der Waals surface area (Å²) >= 11 is 0. The van der Waals surface area contributed by atoms with Crippen molar-refractivity contribution in [2.75, 3.05) is 6.54 Å². The molecule has 0 saturated heterocycles. The number of hydrogen-bond acceptors (Lipinski definition) is 2. The molecule has 0 aliphatic carbocycles. The second kappa shape index (κ2) is 12.1. The fourth-order valence-corrected chi connectivity index (χ4v) is 0.274. The van der Waals surface area contributed by atoms with Crippen molar-refractivity contribution in [1.82, 2.24) is 5.32 Å². The van der Waals surface area contributed by atoms with Crippen LogP contribution in [0, 0.1) is 19.3 Å². The molecule has 0 rings (SSSR count). The standard InChI is InChI=1S/C6H6NO2.CH3.W/c1-2-3-6(9)7-4-5-8;;/h4H2,1H3,(H,7,9);1H3;/q2*-1;+2. The molecule has 0 aliphatic rings. The Bertz CT molecular complexity index is 169. The van der Waals surface area contributed by atoms with Gasteiger partial charge < -0.3 is 17.5 Å². The van der Waals surface area contributed by atoms with Crippen molar-refractivity contribution in [3.8, 4) is 11.8 Å². The Kier molecular flexibility index (Phi) is 18.5. The Morgan fingerprint density at radius 1 is 1.64 bits per heavy atom. The molecule has 0 radical (unpaired) electrons. The van der Waals surface area contributed by atoms with Gasteiger partial charge in [0, 0.05) is 0 Å². The van der Waals surface area contributed by atoms with Crippen LogP contribution in [0.25, 0.3) is 0 Å². The van der Waals surface area contributed by atoms with E-state index in [2.05, 4.69) is 17.2 Å². The molecule has 0 spiro atoms. The Hall–Kier alpha value is -0.612. The summed E-state index contributed by atoms with van der Waals surface area (Å²) in [5, 5.41) is 2.20. The average Bonchev–Trinajstić information content (AvgIpc) is 1.85. The van der Waals surface area contributed by atoms with Gasteiger partial charge in [0.1, 0.15) is 0 Å². The maximum absolute atomic E-state index is 10.3. The molecule has 1 amide bonds. The Balaban J connectivity index is -0.000000320. The molecule has 0 atom stereocenters. The summed E-state index contributed by atoms with van der Waals surface area (Å²) in [6, 6.07) is 0. The van der Waals surface area contributed by atoms with E-state index in [0.717, 1.165) is 0 Å². The van der Waals surface area contributed by atoms with Gasteiger partial charge in [0.15, 0.2) is 0 Å². The van der Waals surface area contributed by atoms with Crippen LogP contribution < -0.4 is 5.32 Å². The van der Waals surface area contributed by atoms with Gasteiger partial charge in [-0.25, -0.2) is 6.29 Å². The van der Waals surface area contributed by atoms with Crippen molar-refractivity contribution >= 4 is 12.2 Å². The molecule has 0 aromatic carbocycles. The quantitative estimate of drug-likeness (QED) is 0.560. The molecule has 0 unspecified atom stereocenters. The second-order valence-electron chi connectivity index (χ2n) is 1.20.